The van der Waals surface area contributed by atoms with Crippen molar-refractivity contribution in [2.24, 2.45) is 0 Å². The third kappa shape index (κ3) is 4.52. The van der Waals surface area contributed by atoms with Crippen molar-refractivity contribution in [2.45, 2.75) is 11.4 Å². The highest BCUT2D eigenvalue weighted by molar-refractivity contribution is 7.89. The van der Waals surface area contributed by atoms with Crippen LogP contribution in [0.3, 0.4) is 0 Å². The van der Waals surface area contributed by atoms with Gasteiger partial charge in [-0.25, -0.2) is 26.3 Å². The molecule has 1 amide bonds. The molecule has 0 saturated heterocycles. The summed E-state index contributed by atoms with van der Waals surface area (Å²) < 4.78 is 66.5. The number of nitrogens with zero attached hydrogens (tertiary/aromatic N) is 2. The Hall–Kier alpha value is -2.83. The van der Waals surface area contributed by atoms with Crippen LogP contribution >= 0.6 is 11.3 Å². The number of sulfonamides is 1. The van der Waals surface area contributed by atoms with Gasteiger partial charge in [-0.05, 0) is 24.3 Å². The smallest absolute Gasteiger partial charge is 0.286 e. The monoisotopic (exact) mass is 428 g/mol. The van der Waals surface area contributed by atoms with Gasteiger partial charge < -0.3 is 5.32 Å². The molecule has 0 aliphatic heterocycles. The van der Waals surface area contributed by atoms with Crippen LogP contribution < -0.4 is 10.0 Å². The van der Waals surface area contributed by atoms with E-state index in [1.807, 2.05) is 0 Å². The molecule has 0 spiro atoms. The number of para-hydroxylation sites is 1. The Morgan fingerprint density at radius 1 is 1.04 bits per heavy atom. The molecule has 2 aromatic carbocycles. The third-order valence-corrected chi connectivity index (χ3v) is 5.74. The molecule has 28 heavy (non-hydrogen) atoms. The second-order valence-corrected chi connectivity index (χ2v) is 8.13. The van der Waals surface area contributed by atoms with E-state index in [1.54, 1.807) is 0 Å². The first-order valence-electron chi connectivity index (χ1n) is 7.59. The van der Waals surface area contributed by atoms with Crippen LogP contribution in [-0.2, 0) is 16.6 Å². The quantitative estimate of drug-likeness (QED) is 0.629. The van der Waals surface area contributed by atoms with Crippen LogP contribution in [0.1, 0.15) is 14.8 Å². The number of carbonyl (C=O) groups excluding carboxylic acids is 1. The molecule has 0 aliphatic carbocycles. The van der Waals surface area contributed by atoms with Crippen LogP contribution in [-0.4, -0.2) is 24.5 Å². The topological polar surface area (TPSA) is 101 Å². The highest BCUT2D eigenvalue weighted by Crippen LogP contribution is 2.18. The molecule has 1 aromatic heterocycles. The molecule has 3 rings (SSSR count). The van der Waals surface area contributed by atoms with E-state index in [4.69, 9.17) is 0 Å². The second kappa shape index (κ2) is 8.04. The molecule has 2 N–H and O–H groups in total. The van der Waals surface area contributed by atoms with Gasteiger partial charge in [0.25, 0.3) is 5.91 Å². The summed E-state index contributed by atoms with van der Waals surface area (Å²) in [5, 5.41) is 9.60. The highest BCUT2D eigenvalue weighted by atomic mass is 32.2. The van der Waals surface area contributed by atoms with E-state index in [-0.39, 0.29) is 22.2 Å². The number of anilines is 1. The van der Waals surface area contributed by atoms with E-state index in [9.17, 15) is 26.4 Å². The van der Waals surface area contributed by atoms with Crippen LogP contribution in [0.2, 0.25) is 0 Å². The van der Waals surface area contributed by atoms with E-state index in [0.29, 0.717) is 6.07 Å². The van der Waals surface area contributed by atoms with Crippen LogP contribution in [0.15, 0.2) is 47.4 Å². The third-order valence-electron chi connectivity index (χ3n) is 3.38. The Labute approximate surface area is 161 Å². The van der Waals surface area contributed by atoms with Crippen molar-refractivity contribution in [2.75, 3.05) is 5.32 Å². The van der Waals surface area contributed by atoms with Gasteiger partial charge in [0.1, 0.15) is 27.4 Å². The lowest BCUT2D eigenvalue weighted by atomic mass is 10.3. The van der Waals surface area contributed by atoms with Crippen molar-refractivity contribution in [3.8, 4) is 0 Å². The molecule has 0 bridgehead atoms. The van der Waals surface area contributed by atoms with Gasteiger partial charge in [-0.1, -0.05) is 23.5 Å². The summed E-state index contributed by atoms with van der Waals surface area (Å²) in [6.45, 7) is -0.371. The molecule has 7 nitrogen and oxygen atoms in total. The molecule has 1 heterocycles. The number of nitrogens with one attached hydrogen (secondary N) is 2. The summed E-state index contributed by atoms with van der Waals surface area (Å²) >= 11 is 0.771. The van der Waals surface area contributed by atoms with Gasteiger partial charge in [-0.15, -0.1) is 10.2 Å². The van der Waals surface area contributed by atoms with Crippen molar-refractivity contribution in [1.82, 2.24) is 14.9 Å². The first kappa shape index (κ1) is 19.9. The standard InChI is InChI=1S/C16H11F3N4O3S2/c17-9-5-6-13(11(19)7-9)28(25,26)20-8-14-22-23-16(27-14)15(24)21-12-4-2-1-3-10(12)18/h1-7,20H,8H2,(H,21,24). The van der Waals surface area contributed by atoms with Crippen molar-refractivity contribution in [3.05, 3.63) is 69.9 Å². The Morgan fingerprint density at radius 3 is 2.50 bits per heavy atom. The zero-order chi connectivity index (χ0) is 20.3. The van der Waals surface area contributed by atoms with Crippen LogP contribution in [0.5, 0.6) is 0 Å². The van der Waals surface area contributed by atoms with E-state index in [0.717, 1.165) is 23.5 Å². The zero-order valence-electron chi connectivity index (χ0n) is 13.8. The molecular formula is C16H11F3N4O3S2. The Kier molecular flexibility index (Phi) is 5.72. The number of benzene rings is 2. The molecule has 146 valence electrons. The highest BCUT2D eigenvalue weighted by Gasteiger charge is 2.21. The molecule has 0 aliphatic rings. The molecule has 0 radical (unpaired) electrons. The van der Waals surface area contributed by atoms with E-state index in [1.165, 1.54) is 24.3 Å². The van der Waals surface area contributed by atoms with Gasteiger partial charge in [-0.3, -0.25) is 4.79 Å². The first-order valence-corrected chi connectivity index (χ1v) is 9.89. The summed E-state index contributed by atoms with van der Waals surface area (Å²) in [5.41, 5.74) is -0.0447. The maximum Gasteiger partial charge on any atom is 0.286 e. The predicted molar refractivity (Wildman–Crippen MR) is 94.6 cm³/mol. The van der Waals surface area contributed by atoms with E-state index >= 15 is 0 Å². The maximum absolute atomic E-state index is 13.7. The number of halogens is 3. The molecule has 0 atom stereocenters. The fraction of sp³-hybridized carbons (Fsp3) is 0.0625. The second-order valence-electron chi connectivity index (χ2n) is 5.33. The first-order chi connectivity index (χ1) is 13.3. The zero-order valence-corrected chi connectivity index (χ0v) is 15.5. The molecule has 0 saturated carbocycles. The van der Waals surface area contributed by atoms with E-state index in [2.05, 4.69) is 20.2 Å². The minimum Gasteiger partial charge on any atom is -0.317 e. The average molecular weight is 428 g/mol. The SMILES string of the molecule is O=C(Nc1ccccc1F)c1nnc(CNS(=O)(=O)c2ccc(F)cc2F)s1. The number of rotatable bonds is 6. The summed E-state index contributed by atoms with van der Waals surface area (Å²) in [5.74, 6) is -3.50. The lowest BCUT2D eigenvalue weighted by Gasteiger charge is -2.06. The molecular weight excluding hydrogens is 417 g/mol. The van der Waals surface area contributed by atoms with Gasteiger partial charge in [0, 0.05) is 6.07 Å². The number of hydrogen-bond acceptors (Lipinski definition) is 6. The Bertz CT molecular complexity index is 1140. The van der Waals surface area contributed by atoms with Crippen LogP contribution in [0, 0.1) is 17.5 Å². The van der Waals surface area contributed by atoms with Crippen molar-refractivity contribution < 1.29 is 26.4 Å². The van der Waals surface area contributed by atoms with Gasteiger partial charge >= 0.3 is 0 Å². The molecule has 0 fully saturated rings. The van der Waals surface area contributed by atoms with Gasteiger partial charge in [-0.2, -0.15) is 0 Å². The van der Waals surface area contributed by atoms with Crippen LogP contribution in [0.4, 0.5) is 18.9 Å². The summed E-state index contributed by atoms with van der Waals surface area (Å²) in [6.07, 6.45) is 0. The van der Waals surface area contributed by atoms with E-state index < -0.39 is 38.3 Å². The predicted octanol–water partition coefficient (Wildman–Crippen LogP) is 2.69. The average Bonchev–Trinajstić information content (AvgIpc) is 3.11. The minimum absolute atomic E-state index is 0.0447. The number of aromatic nitrogens is 2. The fourth-order valence-electron chi connectivity index (χ4n) is 2.08. The molecule has 3 aromatic rings. The number of carbonyl (C=O) groups is 1. The van der Waals surface area contributed by atoms with Crippen molar-refractivity contribution >= 4 is 33.0 Å². The Balaban J connectivity index is 1.67. The van der Waals surface area contributed by atoms with Crippen molar-refractivity contribution in [1.29, 1.82) is 0 Å². The fourth-order valence-corrected chi connectivity index (χ4v) is 3.89. The normalized spacial score (nSPS) is 11.4. The minimum atomic E-state index is -4.27. The molecule has 0 unspecified atom stereocenters. The summed E-state index contributed by atoms with van der Waals surface area (Å²) in [4.78, 5) is 11.4. The van der Waals surface area contributed by atoms with Gasteiger partial charge in [0.15, 0.2) is 0 Å². The molecule has 12 heteroatoms. The summed E-state index contributed by atoms with van der Waals surface area (Å²) in [6, 6.07) is 7.58. The number of hydrogen-bond donors (Lipinski definition) is 2. The Morgan fingerprint density at radius 2 is 1.79 bits per heavy atom. The summed E-state index contributed by atoms with van der Waals surface area (Å²) in [7, 11) is -4.27. The maximum atomic E-state index is 13.7. The van der Waals surface area contributed by atoms with Gasteiger partial charge in [0.2, 0.25) is 15.0 Å². The lowest BCUT2D eigenvalue weighted by molar-refractivity contribution is 0.102. The number of amides is 1. The van der Waals surface area contributed by atoms with Gasteiger partial charge in [0.05, 0.1) is 12.2 Å². The van der Waals surface area contributed by atoms with Crippen molar-refractivity contribution in [3.63, 3.8) is 0 Å². The largest absolute Gasteiger partial charge is 0.317 e. The lowest BCUT2D eigenvalue weighted by Crippen LogP contribution is -2.24. The van der Waals surface area contributed by atoms with Crippen LogP contribution in [0.25, 0.3) is 0 Å².